The minimum Gasteiger partial charge on any atom is -0.493 e. The second kappa shape index (κ2) is 11.7. The number of likely N-dealkylation sites (N-methyl/N-ethyl adjacent to an activating group) is 1. The van der Waals surface area contributed by atoms with Crippen molar-refractivity contribution >= 4 is 17.2 Å². The summed E-state index contributed by atoms with van der Waals surface area (Å²) in [5, 5.41) is 1.92. The Kier molecular flexibility index (Phi) is 8.42. The predicted octanol–water partition coefficient (Wildman–Crippen LogP) is 5.50. The Labute approximate surface area is 211 Å². The second-order valence-electron chi connectivity index (χ2n) is 9.06. The highest BCUT2D eigenvalue weighted by atomic mass is 32.1. The maximum Gasteiger partial charge on any atom is 0.263 e. The van der Waals surface area contributed by atoms with E-state index >= 15 is 0 Å². The van der Waals surface area contributed by atoms with E-state index in [0.717, 1.165) is 48.9 Å². The van der Waals surface area contributed by atoms with Gasteiger partial charge in [0.2, 0.25) is 0 Å². The lowest BCUT2D eigenvalue weighted by atomic mass is 9.84. The van der Waals surface area contributed by atoms with E-state index in [9.17, 15) is 9.18 Å². The van der Waals surface area contributed by atoms with Crippen molar-refractivity contribution in [2.75, 3.05) is 34.4 Å². The van der Waals surface area contributed by atoms with Crippen molar-refractivity contribution in [3.05, 3.63) is 81.8 Å². The molecule has 4 rings (SSSR count). The molecule has 0 unspecified atom stereocenters. The first-order valence-electron chi connectivity index (χ1n) is 12.0. The van der Waals surface area contributed by atoms with E-state index in [4.69, 9.17) is 9.47 Å². The van der Waals surface area contributed by atoms with E-state index in [0.29, 0.717) is 17.9 Å². The quantitative estimate of drug-likeness (QED) is 0.392. The first-order chi connectivity index (χ1) is 17.0. The van der Waals surface area contributed by atoms with Crippen LogP contribution in [-0.4, -0.2) is 56.1 Å². The molecular weight excluding hydrogens is 463 g/mol. The van der Waals surface area contributed by atoms with Crippen LogP contribution in [0.25, 0.3) is 0 Å². The van der Waals surface area contributed by atoms with E-state index in [1.807, 2.05) is 53.7 Å². The van der Waals surface area contributed by atoms with Crippen molar-refractivity contribution in [2.45, 2.75) is 31.8 Å². The standard InChI is InChI=1S/C28H33FN2O3S/c1-30(28(32)27-9-6-16-35-27)24(18-22-7-4-5-8-23(22)29)21-12-14-31(15-13-21)19-20-10-11-25(33-2)26(17-20)34-3/h4-11,16-17,21,24H,12-15,18-19H2,1-3H3/t24-/m0/s1. The van der Waals surface area contributed by atoms with Gasteiger partial charge in [-0.15, -0.1) is 11.3 Å². The summed E-state index contributed by atoms with van der Waals surface area (Å²) >= 11 is 1.45. The molecule has 1 aliphatic heterocycles. The Morgan fingerprint density at radius 2 is 1.83 bits per heavy atom. The number of thiophene rings is 1. The fourth-order valence-corrected chi connectivity index (χ4v) is 5.67. The largest absolute Gasteiger partial charge is 0.493 e. The number of carbonyl (C=O) groups is 1. The highest BCUT2D eigenvalue weighted by molar-refractivity contribution is 7.12. The topological polar surface area (TPSA) is 42.0 Å². The lowest BCUT2D eigenvalue weighted by molar-refractivity contribution is 0.0588. The van der Waals surface area contributed by atoms with Crippen molar-refractivity contribution in [1.82, 2.24) is 9.80 Å². The van der Waals surface area contributed by atoms with Gasteiger partial charge >= 0.3 is 0 Å². The molecule has 1 fully saturated rings. The van der Waals surface area contributed by atoms with Gasteiger partial charge in [0.25, 0.3) is 5.91 Å². The van der Waals surface area contributed by atoms with Gasteiger partial charge in [0, 0.05) is 19.6 Å². The van der Waals surface area contributed by atoms with Crippen molar-refractivity contribution in [3.63, 3.8) is 0 Å². The molecule has 35 heavy (non-hydrogen) atoms. The number of rotatable bonds is 9. The first-order valence-corrected chi connectivity index (χ1v) is 12.9. The molecule has 0 saturated carbocycles. The fourth-order valence-electron chi connectivity index (χ4n) is 4.97. The van der Waals surface area contributed by atoms with Crippen LogP contribution < -0.4 is 9.47 Å². The molecule has 1 aliphatic rings. The van der Waals surface area contributed by atoms with Gasteiger partial charge in [-0.2, -0.15) is 0 Å². The molecule has 2 aromatic carbocycles. The van der Waals surface area contributed by atoms with Gasteiger partial charge in [0.1, 0.15) is 5.82 Å². The van der Waals surface area contributed by atoms with Gasteiger partial charge in [0.15, 0.2) is 11.5 Å². The summed E-state index contributed by atoms with van der Waals surface area (Å²) < 4.78 is 25.3. The number of halogens is 1. The SMILES string of the molecule is COc1ccc(CN2CCC([C@H](Cc3ccccc3F)N(C)C(=O)c3cccs3)CC2)cc1OC. The van der Waals surface area contributed by atoms with Crippen LogP contribution >= 0.6 is 11.3 Å². The molecule has 186 valence electrons. The summed E-state index contributed by atoms with van der Waals surface area (Å²) in [7, 11) is 5.15. The Morgan fingerprint density at radius 1 is 1.09 bits per heavy atom. The molecule has 0 bridgehead atoms. The maximum atomic E-state index is 14.5. The fraction of sp³-hybridized carbons (Fsp3) is 0.393. The Morgan fingerprint density at radius 3 is 2.49 bits per heavy atom. The molecule has 0 spiro atoms. The highest BCUT2D eigenvalue weighted by Gasteiger charge is 2.32. The van der Waals surface area contributed by atoms with E-state index in [1.165, 1.54) is 23.0 Å². The number of piperidine rings is 1. The zero-order valence-corrected chi connectivity index (χ0v) is 21.4. The second-order valence-corrected chi connectivity index (χ2v) is 10.0. The number of hydrogen-bond acceptors (Lipinski definition) is 5. The van der Waals surface area contributed by atoms with Crippen LogP contribution in [-0.2, 0) is 13.0 Å². The molecule has 1 saturated heterocycles. The van der Waals surface area contributed by atoms with Crippen LogP contribution in [0.3, 0.4) is 0 Å². The average molecular weight is 497 g/mol. The third kappa shape index (κ3) is 6.03. The monoisotopic (exact) mass is 496 g/mol. The van der Waals surface area contributed by atoms with Crippen LogP contribution in [0, 0.1) is 11.7 Å². The van der Waals surface area contributed by atoms with Gasteiger partial charge in [-0.05, 0) is 79.0 Å². The van der Waals surface area contributed by atoms with Crippen LogP contribution in [0.1, 0.15) is 33.6 Å². The molecule has 1 atom stereocenters. The van der Waals surface area contributed by atoms with Gasteiger partial charge in [-0.1, -0.05) is 30.3 Å². The summed E-state index contributed by atoms with van der Waals surface area (Å²) in [4.78, 5) is 18.2. The molecule has 0 aliphatic carbocycles. The Hall–Kier alpha value is -2.90. The van der Waals surface area contributed by atoms with E-state index < -0.39 is 0 Å². The van der Waals surface area contributed by atoms with Gasteiger partial charge < -0.3 is 14.4 Å². The number of nitrogens with zero attached hydrogens (tertiary/aromatic N) is 2. The van der Waals surface area contributed by atoms with Crippen LogP contribution in [0.5, 0.6) is 11.5 Å². The van der Waals surface area contributed by atoms with E-state index in [-0.39, 0.29) is 17.8 Å². The zero-order chi connectivity index (χ0) is 24.8. The maximum absolute atomic E-state index is 14.5. The molecule has 1 amide bonds. The summed E-state index contributed by atoms with van der Waals surface area (Å²) in [6, 6.07) is 16.6. The molecule has 0 N–H and O–H groups in total. The van der Waals surface area contributed by atoms with Crippen molar-refractivity contribution in [1.29, 1.82) is 0 Å². The van der Waals surface area contributed by atoms with Crippen LogP contribution in [0.4, 0.5) is 4.39 Å². The third-order valence-electron chi connectivity index (χ3n) is 6.97. The lowest BCUT2D eigenvalue weighted by Crippen LogP contribution is -2.47. The summed E-state index contributed by atoms with van der Waals surface area (Å²) in [6.45, 7) is 2.68. The highest BCUT2D eigenvalue weighted by Crippen LogP contribution is 2.31. The van der Waals surface area contributed by atoms with Crippen molar-refractivity contribution in [2.24, 2.45) is 5.92 Å². The van der Waals surface area contributed by atoms with Gasteiger partial charge in [-0.3, -0.25) is 9.69 Å². The third-order valence-corrected chi connectivity index (χ3v) is 7.83. The number of carbonyl (C=O) groups excluding carboxylic acids is 1. The smallest absolute Gasteiger partial charge is 0.263 e. The number of ether oxygens (including phenoxy) is 2. The van der Waals surface area contributed by atoms with Crippen LogP contribution in [0.15, 0.2) is 60.0 Å². The predicted molar refractivity (Wildman–Crippen MR) is 138 cm³/mol. The minimum atomic E-state index is -0.208. The molecule has 1 aromatic heterocycles. The number of amides is 1. The summed E-state index contributed by atoms with van der Waals surface area (Å²) in [6.07, 6.45) is 2.42. The number of hydrogen-bond donors (Lipinski definition) is 0. The zero-order valence-electron chi connectivity index (χ0n) is 20.6. The summed E-state index contributed by atoms with van der Waals surface area (Å²) in [5.41, 5.74) is 1.84. The van der Waals surface area contributed by atoms with Crippen molar-refractivity contribution < 1.29 is 18.7 Å². The molecule has 5 nitrogen and oxygen atoms in total. The van der Waals surface area contributed by atoms with Gasteiger partial charge in [-0.25, -0.2) is 4.39 Å². The minimum absolute atomic E-state index is 0.00842. The van der Waals surface area contributed by atoms with Crippen molar-refractivity contribution in [3.8, 4) is 11.5 Å². The summed E-state index contributed by atoms with van der Waals surface area (Å²) in [5.74, 6) is 1.56. The molecule has 0 radical (unpaired) electrons. The molecule has 3 aromatic rings. The lowest BCUT2D eigenvalue weighted by Gasteiger charge is -2.40. The Bertz CT molecular complexity index is 1110. The Balaban J connectivity index is 1.46. The average Bonchev–Trinajstić information content (AvgIpc) is 3.43. The molecular formula is C28H33FN2O3S. The van der Waals surface area contributed by atoms with E-state index in [2.05, 4.69) is 11.0 Å². The normalized spacial score (nSPS) is 15.5. The molecule has 2 heterocycles. The number of likely N-dealkylation sites (tertiary alicyclic amines) is 1. The number of benzene rings is 2. The molecule has 7 heteroatoms. The van der Waals surface area contributed by atoms with E-state index in [1.54, 1.807) is 20.3 Å². The first kappa shape index (κ1) is 25.2. The van der Waals surface area contributed by atoms with Gasteiger partial charge in [0.05, 0.1) is 19.1 Å². The number of methoxy groups -OCH3 is 2. The van der Waals surface area contributed by atoms with Crippen LogP contribution in [0.2, 0.25) is 0 Å².